The van der Waals surface area contributed by atoms with Crippen LogP contribution in [0.3, 0.4) is 0 Å². The van der Waals surface area contributed by atoms with Gasteiger partial charge in [0, 0.05) is 29.6 Å². The quantitative estimate of drug-likeness (QED) is 0.205. The molecule has 0 unspecified atom stereocenters. The van der Waals surface area contributed by atoms with Gasteiger partial charge < -0.3 is 0 Å². The van der Waals surface area contributed by atoms with E-state index in [1.807, 2.05) is 98.8 Å². The Labute approximate surface area is 203 Å². The van der Waals surface area contributed by atoms with Crippen LogP contribution in [-0.2, 0) is 0 Å². The Balaban J connectivity index is 1.72. The number of carbonyl (C=O) groups excluding carboxylic acids is 2. The largest absolute Gasteiger partial charge is 0.294 e. The van der Waals surface area contributed by atoms with Crippen LogP contribution in [0.1, 0.15) is 44.7 Å². The van der Waals surface area contributed by atoms with Crippen molar-refractivity contribution in [3.05, 3.63) is 131 Å². The summed E-state index contributed by atoms with van der Waals surface area (Å²) in [5, 5.41) is 2.37. The van der Waals surface area contributed by atoms with Gasteiger partial charge in [0.05, 0.1) is 0 Å². The first-order valence-corrected chi connectivity index (χ1v) is 13.0. The molecule has 3 heteroatoms. The van der Waals surface area contributed by atoms with Crippen LogP contribution < -0.4 is 10.6 Å². The minimum atomic E-state index is -0.914. The predicted octanol–water partition coefficient (Wildman–Crippen LogP) is 6.65. The van der Waals surface area contributed by atoms with E-state index in [-0.39, 0.29) is 17.2 Å². The standard InChI is InChI=1S/C31H29O2P/c1-23-13-17-25(18-14-23)30(32)21-29(22-31(33)26-19-15-24(2)16-20-26)34(27-9-5-3-6-10-27)28-11-7-4-8-12-28/h3-20,29H,21-22H2,1-2H3. The van der Waals surface area contributed by atoms with Crippen LogP contribution in [0.5, 0.6) is 0 Å². The summed E-state index contributed by atoms with van der Waals surface area (Å²) >= 11 is 0. The summed E-state index contributed by atoms with van der Waals surface area (Å²) in [5.74, 6) is 0.169. The molecule has 0 heterocycles. The fraction of sp³-hybridized carbons (Fsp3) is 0.161. The first kappa shape index (κ1) is 23.8. The van der Waals surface area contributed by atoms with E-state index in [1.54, 1.807) is 0 Å². The van der Waals surface area contributed by atoms with Crippen molar-refractivity contribution >= 4 is 30.1 Å². The molecular formula is C31H29O2P. The van der Waals surface area contributed by atoms with Crippen molar-refractivity contribution in [2.75, 3.05) is 0 Å². The van der Waals surface area contributed by atoms with Crippen LogP contribution in [0.4, 0.5) is 0 Å². The highest BCUT2D eigenvalue weighted by Crippen LogP contribution is 2.44. The second kappa shape index (κ2) is 11.2. The van der Waals surface area contributed by atoms with Gasteiger partial charge in [-0.2, -0.15) is 0 Å². The summed E-state index contributed by atoms with van der Waals surface area (Å²) in [4.78, 5) is 26.8. The number of rotatable bonds is 9. The SMILES string of the molecule is Cc1ccc(C(=O)CC(CC(=O)c2ccc(C)cc2)P(c2ccccc2)c2ccccc2)cc1. The highest BCUT2D eigenvalue weighted by Gasteiger charge is 2.29. The lowest BCUT2D eigenvalue weighted by molar-refractivity contribution is 0.0960. The summed E-state index contributed by atoms with van der Waals surface area (Å²) in [6.07, 6.45) is 0.659. The lowest BCUT2D eigenvalue weighted by atomic mass is 10.00. The number of Topliss-reactive ketones (excluding diaryl/α,β-unsaturated/α-hetero) is 2. The van der Waals surface area contributed by atoms with Crippen molar-refractivity contribution in [1.29, 1.82) is 0 Å². The summed E-state index contributed by atoms with van der Waals surface area (Å²) in [6, 6.07) is 36.1. The van der Waals surface area contributed by atoms with Crippen LogP contribution in [-0.4, -0.2) is 17.2 Å². The van der Waals surface area contributed by atoms with Crippen LogP contribution >= 0.6 is 7.92 Å². The Morgan fingerprint density at radius 3 is 1.26 bits per heavy atom. The molecule has 0 atom stereocenters. The van der Waals surface area contributed by atoms with E-state index in [0.717, 1.165) is 11.1 Å². The molecule has 0 fully saturated rings. The maximum Gasteiger partial charge on any atom is 0.163 e. The molecule has 0 amide bonds. The normalized spacial score (nSPS) is 11.1. The number of carbonyl (C=O) groups is 2. The highest BCUT2D eigenvalue weighted by molar-refractivity contribution is 7.73. The smallest absolute Gasteiger partial charge is 0.163 e. The molecule has 0 aliphatic carbocycles. The average Bonchev–Trinajstić information content (AvgIpc) is 2.86. The number of hydrogen-bond acceptors (Lipinski definition) is 2. The Kier molecular flexibility index (Phi) is 7.83. The summed E-state index contributed by atoms with van der Waals surface area (Å²) in [6.45, 7) is 4.03. The lowest BCUT2D eigenvalue weighted by Gasteiger charge is -2.28. The van der Waals surface area contributed by atoms with Gasteiger partial charge in [-0.05, 0) is 32.4 Å². The Bertz CT molecular complexity index is 1130. The molecule has 4 aromatic rings. The maximum atomic E-state index is 13.4. The molecule has 4 rings (SSSR count). The molecular weight excluding hydrogens is 435 g/mol. The van der Waals surface area contributed by atoms with Crippen LogP contribution in [0, 0.1) is 13.8 Å². The molecule has 4 aromatic carbocycles. The van der Waals surface area contributed by atoms with Gasteiger partial charge in [0.25, 0.3) is 0 Å². The number of ketones is 2. The second-order valence-electron chi connectivity index (χ2n) is 8.68. The van der Waals surface area contributed by atoms with Crippen molar-refractivity contribution in [2.45, 2.75) is 32.3 Å². The molecule has 0 N–H and O–H groups in total. The van der Waals surface area contributed by atoms with E-state index in [4.69, 9.17) is 0 Å². The van der Waals surface area contributed by atoms with E-state index in [0.29, 0.717) is 24.0 Å². The van der Waals surface area contributed by atoms with Gasteiger partial charge in [-0.25, -0.2) is 0 Å². The first-order valence-electron chi connectivity index (χ1n) is 11.6. The first-order chi connectivity index (χ1) is 16.5. The summed E-state index contributed by atoms with van der Waals surface area (Å²) in [5.41, 5.74) is 3.54. The van der Waals surface area contributed by atoms with E-state index in [9.17, 15) is 9.59 Å². The number of hydrogen-bond donors (Lipinski definition) is 0. The molecule has 0 aliphatic rings. The maximum absolute atomic E-state index is 13.4. The zero-order valence-corrected chi connectivity index (χ0v) is 20.5. The third kappa shape index (κ3) is 5.95. The van der Waals surface area contributed by atoms with Gasteiger partial charge in [-0.15, -0.1) is 0 Å². The zero-order valence-electron chi connectivity index (χ0n) is 19.6. The van der Waals surface area contributed by atoms with Crippen molar-refractivity contribution in [2.24, 2.45) is 0 Å². The molecule has 170 valence electrons. The monoisotopic (exact) mass is 464 g/mol. The van der Waals surface area contributed by atoms with Gasteiger partial charge in [-0.3, -0.25) is 9.59 Å². The van der Waals surface area contributed by atoms with Crippen molar-refractivity contribution in [1.82, 2.24) is 0 Å². The van der Waals surface area contributed by atoms with Crippen molar-refractivity contribution in [3.63, 3.8) is 0 Å². The highest BCUT2D eigenvalue weighted by atomic mass is 31.1. The third-order valence-electron chi connectivity index (χ3n) is 6.02. The topological polar surface area (TPSA) is 34.1 Å². The van der Waals surface area contributed by atoms with E-state index in [1.165, 1.54) is 10.6 Å². The summed E-state index contributed by atoms with van der Waals surface area (Å²) < 4.78 is 0. The fourth-order valence-corrected chi connectivity index (χ4v) is 6.97. The zero-order chi connectivity index (χ0) is 23.9. The molecule has 2 nitrogen and oxygen atoms in total. The third-order valence-corrected chi connectivity index (χ3v) is 8.83. The molecule has 0 bridgehead atoms. The fourth-order valence-electron chi connectivity index (χ4n) is 4.15. The predicted molar refractivity (Wildman–Crippen MR) is 143 cm³/mol. The molecule has 34 heavy (non-hydrogen) atoms. The van der Waals surface area contributed by atoms with Crippen LogP contribution in [0.15, 0.2) is 109 Å². The lowest BCUT2D eigenvalue weighted by Crippen LogP contribution is -2.26. The Morgan fingerprint density at radius 1 is 0.559 bits per heavy atom. The molecule has 0 aliphatic heterocycles. The van der Waals surface area contributed by atoms with E-state index < -0.39 is 7.92 Å². The number of benzene rings is 4. The Hall–Kier alpha value is -3.35. The second-order valence-corrected chi connectivity index (χ2v) is 11.2. The Morgan fingerprint density at radius 2 is 0.912 bits per heavy atom. The molecule has 0 saturated heterocycles. The van der Waals surface area contributed by atoms with Gasteiger partial charge in [0.1, 0.15) is 0 Å². The van der Waals surface area contributed by atoms with Crippen molar-refractivity contribution in [3.8, 4) is 0 Å². The van der Waals surface area contributed by atoms with Gasteiger partial charge in [-0.1, -0.05) is 120 Å². The molecule has 0 saturated carbocycles. The molecule has 0 aromatic heterocycles. The van der Waals surface area contributed by atoms with E-state index >= 15 is 0 Å². The minimum absolute atomic E-state index is 0.0843. The summed E-state index contributed by atoms with van der Waals surface area (Å²) in [7, 11) is -0.914. The van der Waals surface area contributed by atoms with Gasteiger partial charge in [0.2, 0.25) is 0 Å². The number of aryl methyl sites for hydroxylation is 2. The van der Waals surface area contributed by atoms with Gasteiger partial charge in [0.15, 0.2) is 11.6 Å². The average molecular weight is 465 g/mol. The minimum Gasteiger partial charge on any atom is -0.294 e. The molecule has 0 radical (unpaired) electrons. The van der Waals surface area contributed by atoms with Crippen LogP contribution in [0.2, 0.25) is 0 Å². The molecule has 0 spiro atoms. The van der Waals surface area contributed by atoms with Crippen LogP contribution in [0.25, 0.3) is 0 Å². The van der Waals surface area contributed by atoms with Crippen molar-refractivity contribution < 1.29 is 9.59 Å². The van der Waals surface area contributed by atoms with E-state index in [2.05, 4.69) is 24.3 Å². The van der Waals surface area contributed by atoms with Gasteiger partial charge >= 0.3 is 0 Å².